The topological polar surface area (TPSA) is 116 Å². The van der Waals surface area contributed by atoms with E-state index in [0.717, 1.165) is 57.1 Å². The number of esters is 1. The molecule has 0 radical (unpaired) electrons. The van der Waals surface area contributed by atoms with E-state index in [-0.39, 0.29) is 31.6 Å². The summed E-state index contributed by atoms with van der Waals surface area (Å²) in [5.41, 5.74) is 10.9. The van der Waals surface area contributed by atoms with Crippen LogP contribution in [0.1, 0.15) is 24.2 Å². The Morgan fingerprint density at radius 3 is 2.73 bits per heavy atom. The Morgan fingerprint density at radius 2 is 1.90 bits per heavy atom. The van der Waals surface area contributed by atoms with Gasteiger partial charge in [-0.15, -0.1) is 0 Å². The molecule has 3 heterocycles. The maximum Gasteiger partial charge on any atom is 0.310 e. The Kier molecular flexibility index (Phi) is 7.54. The average Bonchev–Trinajstić information content (AvgIpc) is 3.31. The van der Waals surface area contributed by atoms with Crippen LogP contribution >= 0.6 is 0 Å². The highest BCUT2D eigenvalue weighted by molar-refractivity contribution is 6.02. The number of ether oxygens (including phenoxy) is 2. The van der Waals surface area contributed by atoms with Crippen LogP contribution in [0.2, 0.25) is 0 Å². The number of β-amino-alcohol motifs (C(OH)–C–C–N with tert-alkyl or cyclic N) is 1. The van der Waals surface area contributed by atoms with Gasteiger partial charge in [-0.1, -0.05) is 42.5 Å². The number of hydrogen-bond donors (Lipinski definition) is 2. The number of carbonyl (C=O) groups is 1. The van der Waals surface area contributed by atoms with Gasteiger partial charge in [0.25, 0.3) is 0 Å². The lowest BCUT2D eigenvalue weighted by atomic mass is 9.97. The fourth-order valence-corrected chi connectivity index (χ4v) is 5.56. The second-order valence-electron chi connectivity index (χ2n) is 10.2. The number of hydrogen-bond acceptors (Lipinski definition) is 8. The second-order valence-corrected chi connectivity index (χ2v) is 10.2. The summed E-state index contributed by atoms with van der Waals surface area (Å²) in [6.45, 7) is 4.84. The van der Waals surface area contributed by atoms with E-state index in [4.69, 9.17) is 20.3 Å². The molecule has 6 rings (SSSR count). The number of aliphatic hydroxyl groups is 1. The van der Waals surface area contributed by atoms with Crippen LogP contribution in [0.4, 0.5) is 5.82 Å². The molecule has 0 spiro atoms. The molecule has 1 fully saturated rings. The van der Waals surface area contributed by atoms with Crippen molar-refractivity contribution in [3.8, 4) is 16.9 Å². The molecule has 210 valence electrons. The lowest BCUT2D eigenvalue weighted by Crippen LogP contribution is -2.48. The lowest BCUT2D eigenvalue weighted by molar-refractivity contribution is -0.142. The normalized spacial score (nSPS) is 13.9. The zero-order chi connectivity index (χ0) is 28.3. The monoisotopic (exact) mass is 551 g/mol. The highest BCUT2D eigenvalue weighted by Crippen LogP contribution is 2.35. The van der Waals surface area contributed by atoms with Gasteiger partial charge in [0.05, 0.1) is 31.2 Å². The van der Waals surface area contributed by atoms with Crippen molar-refractivity contribution in [2.45, 2.75) is 26.0 Å². The Bertz CT molecular complexity index is 1710. The van der Waals surface area contributed by atoms with Gasteiger partial charge in [0.2, 0.25) is 0 Å². The van der Waals surface area contributed by atoms with E-state index >= 15 is 0 Å². The van der Waals surface area contributed by atoms with Gasteiger partial charge in [-0.3, -0.25) is 14.4 Å². The highest BCUT2D eigenvalue weighted by Gasteiger charge is 2.30. The summed E-state index contributed by atoms with van der Waals surface area (Å²) in [5, 5.41) is 17.3. The van der Waals surface area contributed by atoms with Crippen LogP contribution in [0.25, 0.3) is 32.8 Å². The Labute approximate surface area is 238 Å². The number of benzene rings is 3. The number of nitrogens with zero attached hydrogens (tertiary/aromatic N) is 4. The molecule has 0 saturated carbocycles. The minimum Gasteiger partial charge on any atom is -0.487 e. The Hall–Kier alpha value is -4.47. The number of para-hydroxylation sites is 1. The summed E-state index contributed by atoms with van der Waals surface area (Å²) in [6.07, 6.45) is 1.88. The third-order valence-corrected chi connectivity index (χ3v) is 7.61. The maximum atomic E-state index is 12.2. The van der Waals surface area contributed by atoms with Gasteiger partial charge in [0, 0.05) is 42.2 Å². The minimum absolute atomic E-state index is 0.144. The first kappa shape index (κ1) is 26.7. The zero-order valence-corrected chi connectivity index (χ0v) is 23.0. The molecule has 0 atom stereocenters. The van der Waals surface area contributed by atoms with Crippen molar-refractivity contribution in [1.82, 2.24) is 19.7 Å². The molecular formula is C32H33N5O4. The number of rotatable bonds is 10. The van der Waals surface area contributed by atoms with Crippen molar-refractivity contribution in [2.24, 2.45) is 0 Å². The third-order valence-electron chi connectivity index (χ3n) is 7.61. The molecular weight excluding hydrogens is 518 g/mol. The molecule has 0 aliphatic carbocycles. The Balaban J connectivity index is 1.37. The second kappa shape index (κ2) is 11.6. The predicted octanol–water partition coefficient (Wildman–Crippen LogP) is 4.37. The van der Waals surface area contributed by atoms with E-state index in [9.17, 15) is 9.90 Å². The quantitative estimate of drug-likeness (QED) is 0.246. The van der Waals surface area contributed by atoms with Gasteiger partial charge < -0.3 is 20.3 Å². The van der Waals surface area contributed by atoms with Gasteiger partial charge in [-0.2, -0.15) is 5.10 Å². The first-order valence-corrected chi connectivity index (χ1v) is 13.9. The van der Waals surface area contributed by atoms with Crippen LogP contribution in [0, 0.1) is 0 Å². The van der Waals surface area contributed by atoms with E-state index in [1.165, 1.54) is 0 Å². The molecule has 1 aliphatic rings. The van der Waals surface area contributed by atoms with Crippen molar-refractivity contribution in [3.05, 3.63) is 84.2 Å². The summed E-state index contributed by atoms with van der Waals surface area (Å²) in [7, 11) is 0. The van der Waals surface area contributed by atoms with Gasteiger partial charge in [0.1, 0.15) is 23.9 Å². The summed E-state index contributed by atoms with van der Waals surface area (Å²) >= 11 is 0. The van der Waals surface area contributed by atoms with Gasteiger partial charge >= 0.3 is 5.97 Å². The first-order chi connectivity index (χ1) is 20.1. The van der Waals surface area contributed by atoms with E-state index in [0.29, 0.717) is 24.7 Å². The standard InChI is InChI=1S/C32H33N5O4/c1-2-40-31(39)17-22-6-3-4-9-30(22)41-20-28-27-16-21(24-7-5-8-26-25(24)12-13-34-32(26)33)10-11-29(27)37(35-28)23-18-36(19-23)14-15-38/h3-13,16,23,38H,2,14-15,17-20H2,1H3,(H2,33,34). The summed E-state index contributed by atoms with van der Waals surface area (Å²) < 4.78 is 13.5. The fraction of sp³-hybridized carbons (Fsp3) is 0.281. The van der Waals surface area contributed by atoms with Gasteiger partial charge in [0.15, 0.2) is 0 Å². The molecule has 3 aromatic carbocycles. The third kappa shape index (κ3) is 5.33. The molecule has 0 unspecified atom stereocenters. The number of aromatic nitrogens is 3. The van der Waals surface area contributed by atoms with Crippen LogP contribution < -0.4 is 10.5 Å². The molecule has 9 heteroatoms. The molecule has 1 saturated heterocycles. The predicted molar refractivity (Wildman–Crippen MR) is 159 cm³/mol. The molecule has 3 N–H and O–H groups in total. The van der Waals surface area contributed by atoms with Gasteiger partial charge in [-0.05, 0) is 47.7 Å². The summed E-state index contributed by atoms with van der Waals surface area (Å²) in [6, 6.07) is 22.2. The molecule has 2 aromatic heterocycles. The van der Waals surface area contributed by atoms with Gasteiger partial charge in [-0.25, -0.2) is 4.98 Å². The van der Waals surface area contributed by atoms with Crippen LogP contribution in [-0.2, 0) is 22.6 Å². The van der Waals surface area contributed by atoms with E-state index in [2.05, 4.69) is 38.8 Å². The molecule has 9 nitrogen and oxygen atoms in total. The number of aliphatic hydroxyl groups excluding tert-OH is 1. The smallest absolute Gasteiger partial charge is 0.310 e. The van der Waals surface area contributed by atoms with Crippen LogP contribution in [0.15, 0.2) is 72.9 Å². The van der Waals surface area contributed by atoms with Crippen LogP contribution in [0.5, 0.6) is 5.75 Å². The number of carbonyl (C=O) groups excluding carboxylic acids is 1. The number of likely N-dealkylation sites (tertiary alicyclic amines) is 1. The fourth-order valence-electron chi connectivity index (χ4n) is 5.56. The molecule has 5 aromatic rings. The number of nitrogen functional groups attached to an aromatic ring is 1. The van der Waals surface area contributed by atoms with Crippen molar-refractivity contribution in [3.63, 3.8) is 0 Å². The minimum atomic E-state index is -0.286. The first-order valence-electron chi connectivity index (χ1n) is 13.9. The zero-order valence-electron chi connectivity index (χ0n) is 23.0. The van der Waals surface area contributed by atoms with E-state index in [1.807, 2.05) is 42.5 Å². The Morgan fingerprint density at radius 1 is 1.05 bits per heavy atom. The number of pyridine rings is 1. The largest absolute Gasteiger partial charge is 0.487 e. The van der Waals surface area contributed by atoms with Crippen molar-refractivity contribution >= 4 is 33.5 Å². The van der Waals surface area contributed by atoms with E-state index < -0.39 is 0 Å². The molecule has 0 bridgehead atoms. The highest BCUT2D eigenvalue weighted by atomic mass is 16.5. The van der Waals surface area contributed by atoms with Crippen molar-refractivity contribution in [2.75, 3.05) is 38.6 Å². The molecule has 1 aliphatic heterocycles. The van der Waals surface area contributed by atoms with Crippen molar-refractivity contribution < 1.29 is 19.4 Å². The van der Waals surface area contributed by atoms with E-state index in [1.54, 1.807) is 13.1 Å². The average molecular weight is 552 g/mol. The molecule has 0 amide bonds. The maximum absolute atomic E-state index is 12.2. The SMILES string of the molecule is CCOC(=O)Cc1ccccc1OCc1nn(C2CN(CCO)C2)c2ccc(-c3cccc4c(N)nccc34)cc12. The number of fused-ring (bicyclic) bond motifs is 2. The summed E-state index contributed by atoms with van der Waals surface area (Å²) in [4.78, 5) is 18.6. The number of anilines is 1. The van der Waals surface area contributed by atoms with Crippen molar-refractivity contribution in [1.29, 1.82) is 0 Å². The van der Waals surface area contributed by atoms with Crippen LogP contribution in [0.3, 0.4) is 0 Å². The summed E-state index contributed by atoms with van der Waals surface area (Å²) in [5.74, 6) is 0.853. The number of nitrogens with two attached hydrogens (primary N) is 1. The lowest BCUT2D eigenvalue weighted by Gasteiger charge is -2.39. The van der Waals surface area contributed by atoms with Crippen LogP contribution in [-0.4, -0.2) is 63.6 Å². The molecule has 41 heavy (non-hydrogen) atoms.